The van der Waals surface area contributed by atoms with E-state index in [-0.39, 0.29) is 30.2 Å². The van der Waals surface area contributed by atoms with Gasteiger partial charge in [0.2, 0.25) is 11.8 Å². The molecule has 6 aliphatic heterocycles. The number of hydrogen-bond acceptors (Lipinski definition) is 9. The molecule has 16 heteroatoms. The van der Waals surface area contributed by atoms with Gasteiger partial charge in [0.15, 0.2) is 0 Å². The minimum Gasteiger partial charge on any atom is -0.492 e. The molecule has 1 N–H and O–H groups in total. The molecule has 2 unspecified atom stereocenters. The number of ether oxygens (including phenoxy) is 1. The summed E-state index contributed by atoms with van der Waals surface area (Å²) in [5, 5.41) is 6.75. The van der Waals surface area contributed by atoms with Crippen molar-refractivity contribution in [1.82, 2.24) is 35.0 Å². The Morgan fingerprint density at radius 1 is 0.889 bits per heavy atom. The van der Waals surface area contributed by atoms with Crippen LogP contribution in [0.15, 0.2) is 48.8 Å². The van der Waals surface area contributed by atoms with Crippen molar-refractivity contribution >= 4 is 34.3 Å². The zero-order chi connectivity index (χ0) is 43.8. The van der Waals surface area contributed by atoms with Gasteiger partial charge in [-0.25, -0.2) is 0 Å². The molecule has 12 nitrogen and oxygen atoms in total. The first-order chi connectivity index (χ1) is 30.4. The van der Waals surface area contributed by atoms with Gasteiger partial charge in [-0.2, -0.15) is 13.2 Å². The number of benzene rings is 2. The van der Waals surface area contributed by atoms with Crippen LogP contribution in [0.5, 0.6) is 5.75 Å². The molecule has 3 amide bonds. The van der Waals surface area contributed by atoms with Crippen molar-refractivity contribution in [3.05, 3.63) is 82.3 Å². The SMILES string of the molecule is CC.O=C1CCC(N2Cc3c(ccc4c3OCC43CCN(CC4CC5(CCN(c6ccc(C7c8ccc9c(cnn9F)c8CCN7CC(F)(F)F)nc6)CC5)C4)CC3)C2=O)C(=O)N1. The van der Waals surface area contributed by atoms with E-state index < -0.39 is 30.7 Å². The number of likely N-dealkylation sites (tertiary alicyclic amines) is 1. The lowest BCUT2D eigenvalue weighted by molar-refractivity contribution is -0.150. The molecule has 7 aliphatic rings. The number of hydrogen-bond donors (Lipinski definition) is 1. The highest BCUT2D eigenvalue weighted by Gasteiger charge is 2.50. The van der Waals surface area contributed by atoms with Crippen molar-refractivity contribution in [2.24, 2.45) is 11.3 Å². The van der Waals surface area contributed by atoms with E-state index in [0.717, 1.165) is 81.0 Å². The number of carbonyl (C=O) groups excluding carboxylic acids is 3. The molecule has 1 aliphatic carbocycles. The van der Waals surface area contributed by atoms with Crippen molar-refractivity contribution in [2.75, 3.05) is 57.3 Å². The highest BCUT2D eigenvalue weighted by atomic mass is 19.4. The van der Waals surface area contributed by atoms with Crippen LogP contribution >= 0.6 is 0 Å². The van der Waals surface area contributed by atoms with E-state index >= 15 is 0 Å². The number of piperidine rings is 3. The van der Waals surface area contributed by atoms with E-state index in [1.807, 2.05) is 32.0 Å². The highest BCUT2D eigenvalue weighted by Crippen LogP contribution is 2.54. The van der Waals surface area contributed by atoms with E-state index in [1.54, 1.807) is 23.2 Å². The van der Waals surface area contributed by atoms with E-state index in [2.05, 4.69) is 26.3 Å². The van der Waals surface area contributed by atoms with Crippen molar-refractivity contribution < 1.29 is 36.8 Å². The summed E-state index contributed by atoms with van der Waals surface area (Å²) in [7, 11) is 0. The molecule has 1 saturated carbocycles. The van der Waals surface area contributed by atoms with Gasteiger partial charge in [-0.3, -0.25) is 29.6 Å². The molecule has 2 atom stereocenters. The Hall–Kier alpha value is -5.09. The predicted octanol–water partition coefficient (Wildman–Crippen LogP) is 6.88. The molecule has 2 aromatic carbocycles. The van der Waals surface area contributed by atoms with E-state index in [4.69, 9.17) is 9.72 Å². The number of nitrogens with one attached hydrogen (secondary N) is 1. The number of pyridine rings is 1. The fourth-order valence-electron chi connectivity index (χ4n) is 12.1. The van der Waals surface area contributed by atoms with Crippen molar-refractivity contribution in [2.45, 2.75) is 102 Å². The van der Waals surface area contributed by atoms with Gasteiger partial charge in [-0.05, 0) is 111 Å². The second-order valence-corrected chi connectivity index (χ2v) is 18.7. The standard InChI is InChI=1S/C45H48F4N8O4.C2H6/c46-45(47,48)25-55-14-9-29-30(3-6-36-32(29)22-51-57(36)49)39(55)35-5-1-28(21-50-35)54-17-10-43(11-18-54)19-27(20-43)23-53-15-12-44(13-16-53)26-61-40-33-24-56(37-7-8-38(58)52-41(37)59)42(60)31(33)2-4-34(40)44;1-2/h1-6,21-22,27,37,39H,7-20,23-26H2,(H,52,58,59);1-2H3. The third kappa shape index (κ3) is 7.34. The molecule has 0 bridgehead atoms. The van der Waals surface area contributed by atoms with Crippen LogP contribution in [0.1, 0.15) is 110 Å². The van der Waals surface area contributed by atoms with Crippen LogP contribution in [-0.4, -0.2) is 112 Å². The van der Waals surface area contributed by atoms with E-state index in [9.17, 15) is 32.0 Å². The third-order valence-electron chi connectivity index (χ3n) is 15.3. The molecule has 2 aromatic heterocycles. The first kappa shape index (κ1) is 41.9. The summed E-state index contributed by atoms with van der Waals surface area (Å²) in [6.07, 6.45) is 6.43. The van der Waals surface area contributed by atoms with Gasteiger partial charge in [-0.15, -0.1) is 5.10 Å². The summed E-state index contributed by atoms with van der Waals surface area (Å²) in [6, 6.07) is 9.77. The number of carbonyl (C=O) groups is 3. The first-order valence-electron chi connectivity index (χ1n) is 22.7. The van der Waals surface area contributed by atoms with Crippen LogP contribution in [0.4, 0.5) is 23.3 Å². The number of imide groups is 1. The normalized spacial score (nSPS) is 24.4. The zero-order valence-corrected chi connectivity index (χ0v) is 35.9. The Labute approximate surface area is 363 Å². The third-order valence-corrected chi connectivity index (χ3v) is 15.3. The van der Waals surface area contributed by atoms with Gasteiger partial charge in [0.05, 0.1) is 49.5 Å². The van der Waals surface area contributed by atoms with Crippen LogP contribution < -0.4 is 15.0 Å². The molecule has 334 valence electrons. The maximum atomic E-state index is 14.2. The Morgan fingerprint density at radius 2 is 1.67 bits per heavy atom. The number of amides is 3. The Morgan fingerprint density at radius 3 is 2.38 bits per heavy atom. The van der Waals surface area contributed by atoms with E-state index in [1.165, 1.54) is 29.5 Å². The molecular formula is C47H54F4N8O4. The van der Waals surface area contributed by atoms with Crippen LogP contribution in [0.2, 0.25) is 0 Å². The quantitative estimate of drug-likeness (QED) is 0.164. The molecular weight excluding hydrogens is 817 g/mol. The number of alkyl halides is 3. The van der Waals surface area contributed by atoms with Crippen LogP contribution in [0, 0.1) is 11.3 Å². The maximum absolute atomic E-state index is 14.2. The summed E-state index contributed by atoms with van der Waals surface area (Å²) in [5.41, 5.74) is 6.27. The van der Waals surface area contributed by atoms with Crippen molar-refractivity contribution in [3.8, 4) is 5.75 Å². The lowest BCUT2D eigenvalue weighted by atomic mass is 9.57. The van der Waals surface area contributed by atoms with Gasteiger partial charge in [0, 0.05) is 60.1 Å². The number of nitrogens with zero attached hydrogens (tertiary/aromatic N) is 7. The first-order valence-corrected chi connectivity index (χ1v) is 22.7. The fourth-order valence-corrected chi connectivity index (χ4v) is 12.1. The zero-order valence-electron chi connectivity index (χ0n) is 35.9. The predicted molar refractivity (Wildman–Crippen MR) is 227 cm³/mol. The van der Waals surface area contributed by atoms with Gasteiger partial charge in [-0.1, -0.05) is 35.4 Å². The van der Waals surface area contributed by atoms with Crippen LogP contribution in [0.25, 0.3) is 10.9 Å². The summed E-state index contributed by atoms with van der Waals surface area (Å²) in [6.45, 7) is 8.95. The topological polar surface area (TPSA) is 116 Å². The van der Waals surface area contributed by atoms with Gasteiger partial charge < -0.3 is 19.4 Å². The Kier molecular flexibility index (Phi) is 10.5. The van der Waals surface area contributed by atoms with Crippen molar-refractivity contribution in [1.29, 1.82) is 0 Å². The number of anilines is 1. The Balaban J connectivity index is 0.00000232. The summed E-state index contributed by atoms with van der Waals surface area (Å²) >= 11 is 0. The summed E-state index contributed by atoms with van der Waals surface area (Å²) in [5.74, 6) is 0.594. The minimum absolute atomic E-state index is 0.0792. The number of rotatable bonds is 6. The Bertz CT molecular complexity index is 2430. The molecule has 4 fully saturated rings. The van der Waals surface area contributed by atoms with Crippen LogP contribution in [0.3, 0.4) is 0 Å². The molecule has 11 rings (SSSR count). The molecule has 3 saturated heterocycles. The molecule has 63 heavy (non-hydrogen) atoms. The molecule has 0 radical (unpaired) electrons. The lowest BCUT2D eigenvalue weighted by Gasteiger charge is -2.54. The van der Waals surface area contributed by atoms with Crippen molar-refractivity contribution in [3.63, 3.8) is 0 Å². The molecule has 8 heterocycles. The number of aromatic nitrogens is 3. The second kappa shape index (κ2) is 15.9. The monoisotopic (exact) mass is 870 g/mol. The summed E-state index contributed by atoms with van der Waals surface area (Å²) < 4.78 is 61.9. The minimum atomic E-state index is -4.37. The van der Waals surface area contributed by atoms with E-state index in [0.29, 0.717) is 70.0 Å². The fraction of sp³-hybridized carbons (Fsp3) is 0.553. The largest absolute Gasteiger partial charge is 0.492 e. The second-order valence-electron chi connectivity index (χ2n) is 18.7. The number of fused-ring (bicyclic) bond motifs is 7. The number of halogens is 4. The maximum Gasteiger partial charge on any atom is 0.401 e. The van der Waals surface area contributed by atoms with Gasteiger partial charge >= 0.3 is 6.18 Å². The summed E-state index contributed by atoms with van der Waals surface area (Å²) in [4.78, 5) is 50.8. The van der Waals surface area contributed by atoms with Gasteiger partial charge in [0.1, 0.15) is 17.3 Å². The highest BCUT2D eigenvalue weighted by molar-refractivity contribution is 6.05. The molecule has 2 spiro atoms. The van der Waals surface area contributed by atoms with Crippen LogP contribution in [-0.2, 0) is 28.0 Å². The average Bonchev–Trinajstić information content (AvgIpc) is 3.94. The molecule has 4 aromatic rings. The van der Waals surface area contributed by atoms with Gasteiger partial charge in [0.25, 0.3) is 5.91 Å². The lowest BCUT2D eigenvalue weighted by Crippen LogP contribution is -2.52. The smallest absolute Gasteiger partial charge is 0.401 e. The average molecular weight is 871 g/mol.